The van der Waals surface area contributed by atoms with Gasteiger partial charge >= 0.3 is 11.9 Å². The molecule has 0 amide bonds. The third kappa shape index (κ3) is 33.8. The van der Waals surface area contributed by atoms with Crippen LogP contribution in [0, 0.1) is 11.8 Å². The highest BCUT2D eigenvalue weighted by molar-refractivity contribution is 5.72. The second kappa shape index (κ2) is 40.5. The Morgan fingerprint density at radius 1 is 0.453 bits per heavy atom. The highest BCUT2D eigenvalue weighted by Gasteiger charge is 2.21. The summed E-state index contributed by atoms with van der Waals surface area (Å²) in [7, 11) is 0. The lowest BCUT2D eigenvalue weighted by molar-refractivity contribution is -0.150. The summed E-state index contributed by atoms with van der Waals surface area (Å²) in [5.41, 5.74) is 0. The molecule has 0 bridgehead atoms. The number of hydrogen-bond acceptors (Lipinski definition) is 7. The minimum atomic E-state index is -0.457. The van der Waals surface area contributed by atoms with Crippen molar-refractivity contribution in [3.63, 3.8) is 0 Å². The van der Waals surface area contributed by atoms with Gasteiger partial charge in [-0.25, -0.2) is 0 Å². The number of esters is 2. The van der Waals surface area contributed by atoms with Crippen LogP contribution in [0.15, 0.2) is 0 Å². The first-order chi connectivity index (χ1) is 25.9. The van der Waals surface area contributed by atoms with E-state index in [0.717, 1.165) is 96.4 Å². The normalized spacial score (nSPS) is 13.3. The van der Waals surface area contributed by atoms with Crippen molar-refractivity contribution < 1.29 is 29.3 Å². The molecule has 0 aliphatic heterocycles. The van der Waals surface area contributed by atoms with Gasteiger partial charge in [-0.05, 0) is 64.3 Å². The lowest BCUT2D eigenvalue weighted by atomic mass is 9.94. The van der Waals surface area contributed by atoms with Crippen molar-refractivity contribution in [2.24, 2.45) is 11.8 Å². The van der Waals surface area contributed by atoms with E-state index in [1.165, 1.54) is 103 Å². The second-order valence-corrected chi connectivity index (χ2v) is 16.1. The maximum absolute atomic E-state index is 12.9. The summed E-state index contributed by atoms with van der Waals surface area (Å²) in [5, 5.41) is 20.3. The van der Waals surface area contributed by atoms with Crippen LogP contribution in [0.2, 0.25) is 0 Å². The molecule has 2 N–H and O–H groups in total. The predicted octanol–water partition coefficient (Wildman–Crippen LogP) is 12.1. The smallest absolute Gasteiger partial charge is 0.308 e. The Morgan fingerprint density at radius 2 is 0.792 bits per heavy atom. The molecule has 0 rings (SSSR count). The number of aliphatic hydroxyl groups excluding tert-OH is 2. The van der Waals surface area contributed by atoms with Gasteiger partial charge in [-0.3, -0.25) is 14.5 Å². The van der Waals surface area contributed by atoms with Crippen LogP contribution in [-0.2, 0) is 19.1 Å². The van der Waals surface area contributed by atoms with Gasteiger partial charge in [0.15, 0.2) is 0 Å². The van der Waals surface area contributed by atoms with Crippen molar-refractivity contribution in [1.29, 1.82) is 0 Å². The van der Waals surface area contributed by atoms with E-state index < -0.39 is 6.10 Å². The molecule has 2 unspecified atom stereocenters. The first kappa shape index (κ1) is 51.8. The molecule has 0 aliphatic rings. The molecule has 0 saturated carbocycles. The molecule has 53 heavy (non-hydrogen) atoms. The quantitative estimate of drug-likeness (QED) is 0.0473. The Morgan fingerprint density at radius 3 is 1.23 bits per heavy atom. The Hall–Kier alpha value is -1.18. The lowest BCUT2D eigenvalue weighted by Crippen LogP contribution is -2.35. The number of rotatable bonds is 42. The third-order valence-corrected chi connectivity index (χ3v) is 11.0. The van der Waals surface area contributed by atoms with Gasteiger partial charge in [-0.15, -0.1) is 0 Å². The van der Waals surface area contributed by atoms with Crippen molar-refractivity contribution >= 4 is 11.9 Å². The van der Waals surface area contributed by atoms with Crippen LogP contribution < -0.4 is 0 Å². The predicted molar refractivity (Wildman–Crippen MR) is 224 cm³/mol. The zero-order valence-corrected chi connectivity index (χ0v) is 35.9. The summed E-state index contributed by atoms with van der Waals surface area (Å²) < 4.78 is 11.5. The molecule has 3 atom stereocenters. The highest BCUT2D eigenvalue weighted by atomic mass is 16.5. The molecule has 0 spiro atoms. The Labute approximate surface area is 329 Å². The summed E-state index contributed by atoms with van der Waals surface area (Å²) in [6, 6.07) is 0. The van der Waals surface area contributed by atoms with Crippen LogP contribution >= 0.6 is 0 Å². The molecule has 7 heteroatoms. The zero-order valence-electron chi connectivity index (χ0n) is 35.9. The van der Waals surface area contributed by atoms with Crippen molar-refractivity contribution in [3.8, 4) is 0 Å². The average molecular weight is 754 g/mol. The number of aliphatic hydroxyl groups is 2. The van der Waals surface area contributed by atoms with E-state index in [9.17, 15) is 19.8 Å². The summed E-state index contributed by atoms with van der Waals surface area (Å²) in [5.74, 6) is 0.0850. The minimum Gasteiger partial charge on any atom is -0.465 e. The van der Waals surface area contributed by atoms with E-state index in [0.29, 0.717) is 32.7 Å². The van der Waals surface area contributed by atoms with Crippen LogP contribution in [0.1, 0.15) is 227 Å². The highest BCUT2D eigenvalue weighted by Crippen LogP contribution is 2.22. The van der Waals surface area contributed by atoms with Gasteiger partial charge in [0.05, 0.1) is 37.8 Å². The summed E-state index contributed by atoms with van der Waals surface area (Å²) in [4.78, 5) is 28.0. The van der Waals surface area contributed by atoms with Crippen molar-refractivity contribution in [1.82, 2.24) is 4.90 Å². The third-order valence-electron chi connectivity index (χ3n) is 11.0. The fourth-order valence-corrected chi connectivity index (χ4v) is 7.42. The number of hydrogen-bond donors (Lipinski definition) is 2. The SMILES string of the molecule is CCCCCCCCC(CCCCCC)C(=O)OCCCCCCN(CCO)C[C@@H](O)CCCCOC(=O)C(CCCCCC)CCCCCCCC. The first-order valence-corrected chi connectivity index (χ1v) is 23.3. The largest absolute Gasteiger partial charge is 0.465 e. The van der Waals surface area contributed by atoms with Crippen LogP contribution in [0.5, 0.6) is 0 Å². The van der Waals surface area contributed by atoms with E-state index in [1.807, 2.05) is 0 Å². The molecule has 0 aromatic heterocycles. The summed E-state index contributed by atoms with van der Waals surface area (Å²) >= 11 is 0. The number of nitrogens with zero attached hydrogens (tertiary/aromatic N) is 1. The molecule has 0 heterocycles. The van der Waals surface area contributed by atoms with Gasteiger partial charge in [0.25, 0.3) is 0 Å². The number of carbonyl (C=O) groups excluding carboxylic acids is 2. The standard InChI is InChI=1S/C46H91NO6/c1-5-9-13-17-19-25-33-42(31-23-15-11-7-3)45(50)52-39-29-22-21-28-36-47(37-38-48)41-44(49)35-27-30-40-53-46(51)43(32-24-16-12-8-4)34-26-20-18-14-10-6-2/h42-44,48-49H,5-41H2,1-4H3/t42?,43?,44-/m0/s1. The van der Waals surface area contributed by atoms with Crippen molar-refractivity contribution in [2.75, 3.05) is 39.5 Å². The van der Waals surface area contributed by atoms with Crippen LogP contribution in [0.3, 0.4) is 0 Å². The average Bonchev–Trinajstić information content (AvgIpc) is 3.15. The van der Waals surface area contributed by atoms with Crippen LogP contribution in [-0.4, -0.2) is 72.6 Å². The second-order valence-electron chi connectivity index (χ2n) is 16.1. The maximum Gasteiger partial charge on any atom is 0.308 e. The molecular weight excluding hydrogens is 663 g/mol. The van der Waals surface area contributed by atoms with E-state index in [1.54, 1.807) is 0 Å². The maximum atomic E-state index is 12.9. The van der Waals surface area contributed by atoms with E-state index in [4.69, 9.17) is 9.47 Å². The Kier molecular flexibility index (Phi) is 39.6. The summed E-state index contributed by atoms with van der Waals surface area (Å²) in [6.45, 7) is 11.9. The fraction of sp³-hybridized carbons (Fsp3) is 0.957. The monoisotopic (exact) mass is 754 g/mol. The fourth-order valence-electron chi connectivity index (χ4n) is 7.42. The van der Waals surface area contributed by atoms with Gasteiger partial charge < -0.3 is 19.7 Å². The van der Waals surface area contributed by atoms with Crippen molar-refractivity contribution in [3.05, 3.63) is 0 Å². The molecule has 0 aromatic carbocycles. The molecule has 0 saturated heterocycles. The zero-order chi connectivity index (χ0) is 39.0. The number of carbonyl (C=O) groups is 2. The summed E-state index contributed by atoms with van der Waals surface area (Å²) in [6.07, 6.45) is 34.0. The van der Waals surface area contributed by atoms with Gasteiger partial charge in [-0.2, -0.15) is 0 Å². The first-order valence-electron chi connectivity index (χ1n) is 23.3. The van der Waals surface area contributed by atoms with Gasteiger partial charge in [0.1, 0.15) is 0 Å². The Balaban J connectivity index is 4.32. The molecule has 7 nitrogen and oxygen atoms in total. The number of unbranched alkanes of at least 4 members (excludes halogenated alkanes) is 20. The molecule has 316 valence electrons. The molecule has 0 aromatic rings. The topological polar surface area (TPSA) is 96.3 Å². The van der Waals surface area contributed by atoms with E-state index in [2.05, 4.69) is 32.6 Å². The van der Waals surface area contributed by atoms with Gasteiger partial charge in [-0.1, -0.05) is 169 Å². The molecular formula is C46H91NO6. The lowest BCUT2D eigenvalue weighted by Gasteiger charge is -2.24. The minimum absolute atomic E-state index is 0.0156. The van der Waals surface area contributed by atoms with Gasteiger partial charge in [0, 0.05) is 13.1 Å². The Bertz CT molecular complexity index is 779. The van der Waals surface area contributed by atoms with Crippen molar-refractivity contribution in [2.45, 2.75) is 233 Å². The molecule has 0 radical (unpaired) electrons. The van der Waals surface area contributed by atoms with E-state index in [-0.39, 0.29) is 30.4 Å². The van der Waals surface area contributed by atoms with Crippen LogP contribution in [0.25, 0.3) is 0 Å². The van der Waals surface area contributed by atoms with Gasteiger partial charge in [0.2, 0.25) is 0 Å². The molecule has 0 fully saturated rings. The van der Waals surface area contributed by atoms with Crippen LogP contribution in [0.4, 0.5) is 0 Å². The number of ether oxygens (including phenoxy) is 2. The van der Waals surface area contributed by atoms with E-state index >= 15 is 0 Å². The molecule has 0 aliphatic carbocycles.